The maximum Gasteiger partial charge on any atom is 0.310 e. The summed E-state index contributed by atoms with van der Waals surface area (Å²) in [6.07, 6.45) is 6.57. The van der Waals surface area contributed by atoms with Crippen molar-refractivity contribution in [2.24, 2.45) is 0 Å². The van der Waals surface area contributed by atoms with Gasteiger partial charge in [0.2, 0.25) is 0 Å². The van der Waals surface area contributed by atoms with Gasteiger partial charge in [0, 0.05) is 11.3 Å². The van der Waals surface area contributed by atoms with E-state index in [4.69, 9.17) is 5.11 Å². The fraction of sp³-hybridized carbons (Fsp3) is 0.667. The van der Waals surface area contributed by atoms with E-state index in [1.807, 2.05) is 11.6 Å². The predicted molar refractivity (Wildman–Crippen MR) is 60.5 cm³/mol. The summed E-state index contributed by atoms with van der Waals surface area (Å²) in [6.45, 7) is 3.69. The summed E-state index contributed by atoms with van der Waals surface area (Å²) in [7, 11) is 0. The van der Waals surface area contributed by atoms with Crippen LogP contribution >= 0.6 is 0 Å². The Hall–Kier alpha value is -1.32. The summed E-state index contributed by atoms with van der Waals surface area (Å²) < 4.78 is 2.02. The highest BCUT2D eigenvalue weighted by atomic mass is 16.4. The monoisotopic (exact) mass is 222 g/mol. The maximum atomic E-state index is 10.9. The van der Waals surface area contributed by atoms with Crippen LogP contribution in [0.1, 0.15) is 55.8 Å². The van der Waals surface area contributed by atoms with Crippen molar-refractivity contribution in [2.75, 3.05) is 0 Å². The topological polar surface area (TPSA) is 55.1 Å². The SMILES string of the molecule is Cc1c(C(C)C(=O)O)cnn1C1CCCC1. The molecule has 4 heteroatoms. The highest BCUT2D eigenvalue weighted by Gasteiger charge is 2.24. The van der Waals surface area contributed by atoms with Crippen LogP contribution in [0.25, 0.3) is 0 Å². The summed E-state index contributed by atoms with van der Waals surface area (Å²) in [5.74, 6) is -1.25. The molecule has 4 nitrogen and oxygen atoms in total. The van der Waals surface area contributed by atoms with Crippen LogP contribution in [0.2, 0.25) is 0 Å². The minimum atomic E-state index is -0.783. The minimum Gasteiger partial charge on any atom is -0.481 e. The number of aliphatic carboxylic acids is 1. The van der Waals surface area contributed by atoms with Crippen molar-refractivity contribution in [1.82, 2.24) is 9.78 Å². The van der Waals surface area contributed by atoms with Crippen molar-refractivity contribution in [2.45, 2.75) is 51.5 Å². The molecular weight excluding hydrogens is 204 g/mol. The van der Waals surface area contributed by atoms with Crippen molar-refractivity contribution >= 4 is 5.97 Å². The van der Waals surface area contributed by atoms with Crippen molar-refractivity contribution < 1.29 is 9.90 Å². The molecule has 0 radical (unpaired) electrons. The Morgan fingerprint density at radius 1 is 1.56 bits per heavy atom. The first-order valence-corrected chi connectivity index (χ1v) is 5.88. The molecule has 0 spiro atoms. The molecule has 1 fully saturated rings. The Morgan fingerprint density at radius 2 is 2.19 bits per heavy atom. The van der Waals surface area contributed by atoms with E-state index < -0.39 is 11.9 Å². The van der Waals surface area contributed by atoms with E-state index in [1.165, 1.54) is 25.7 Å². The van der Waals surface area contributed by atoms with E-state index in [9.17, 15) is 4.79 Å². The molecule has 1 aliphatic carbocycles. The number of hydrogen-bond donors (Lipinski definition) is 1. The lowest BCUT2D eigenvalue weighted by Gasteiger charge is -2.13. The molecule has 1 aliphatic rings. The second-order valence-electron chi connectivity index (χ2n) is 4.63. The van der Waals surface area contributed by atoms with Gasteiger partial charge in [-0.3, -0.25) is 9.48 Å². The summed E-state index contributed by atoms with van der Waals surface area (Å²) >= 11 is 0. The Kier molecular flexibility index (Phi) is 2.99. The molecule has 1 saturated carbocycles. The van der Waals surface area contributed by atoms with Crippen molar-refractivity contribution in [1.29, 1.82) is 0 Å². The maximum absolute atomic E-state index is 10.9. The van der Waals surface area contributed by atoms with Gasteiger partial charge in [-0.1, -0.05) is 12.8 Å². The van der Waals surface area contributed by atoms with Crippen LogP contribution in [0.4, 0.5) is 0 Å². The van der Waals surface area contributed by atoms with Crippen molar-refractivity contribution in [3.05, 3.63) is 17.5 Å². The van der Waals surface area contributed by atoms with Gasteiger partial charge in [-0.05, 0) is 26.7 Å². The Labute approximate surface area is 95.3 Å². The number of carbonyl (C=O) groups is 1. The highest BCUT2D eigenvalue weighted by molar-refractivity contribution is 5.75. The summed E-state index contributed by atoms with van der Waals surface area (Å²) in [5, 5.41) is 13.4. The van der Waals surface area contributed by atoms with Gasteiger partial charge >= 0.3 is 5.97 Å². The molecule has 1 aromatic heterocycles. The van der Waals surface area contributed by atoms with E-state index in [-0.39, 0.29) is 0 Å². The van der Waals surface area contributed by atoms with E-state index in [0.29, 0.717) is 6.04 Å². The van der Waals surface area contributed by atoms with Gasteiger partial charge in [0.05, 0.1) is 18.2 Å². The summed E-state index contributed by atoms with van der Waals surface area (Å²) in [4.78, 5) is 10.9. The van der Waals surface area contributed by atoms with Crippen LogP contribution in [-0.2, 0) is 4.79 Å². The third kappa shape index (κ3) is 1.84. The lowest BCUT2D eigenvalue weighted by Crippen LogP contribution is -2.11. The van der Waals surface area contributed by atoms with Crippen molar-refractivity contribution in [3.63, 3.8) is 0 Å². The molecule has 0 aliphatic heterocycles. The summed E-state index contributed by atoms with van der Waals surface area (Å²) in [6, 6.07) is 0.481. The van der Waals surface area contributed by atoms with Crippen LogP contribution in [0, 0.1) is 6.92 Å². The summed E-state index contributed by atoms with van der Waals surface area (Å²) in [5.41, 5.74) is 1.86. The Balaban J connectivity index is 2.26. The average Bonchev–Trinajstić information content (AvgIpc) is 2.85. The number of carboxylic acid groups (broad SMARTS) is 1. The number of nitrogens with zero attached hydrogens (tertiary/aromatic N) is 2. The molecule has 88 valence electrons. The molecular formula is C12H18N2O2. The highest BCUT2D eigenvalue weighted by Crippen LogP contribution is 2.31. The lowest BCUT2D eigenvalue weighted by molar-refractivity contribution is -0.138. The molecule has 0 saturated heterocycles. The number of hydrogen-bond acceptors (Lipinski definition) is 2. The molecule has 1 N–H and O–H groups in total. The van der Waals surface area contributed by atoms with E-state index in [1.54, 1.807) is 13.1 Å². The molecule has 1 unspecified atom stereocenters. The smallest absolute Gasteiger partial charge is 0.310 e. The first-order chi connectivity index (χ1) is 7.61. The zero-order valence-corrected chi connectivity index (χ0v) is 9.81. The second-order valence-corrected chi connectivity index (χ2v) is 4.63. The van der Waals surface area contributed by atoms with Crippen LogP contribution in [0.3, 0.4) is 0 Å². The molecule has 0 amide bonds. The molecule has 1 heterocycles. The standard InChI is InChI=1S/C12H18N2O2/c1-8(12(15)16)11-7-13-14(9(11)2)10-5-3-4-6-10/h7-8,10H,3-6H2,1-2H3,(H,15,16). The van der Waals surface area contributed by atoms with E-state index in [2.05, 4.69) is 5.10 Å². The van der Waals surface area contributed by atoms with Gasteiger partial charge in [-0.2, -0.15) is 5.10 Å². The average molecular weight is 222 g/mol. The Morgan fingerprint density at radius 3 is 2.75 bits per heavy atom. The van der Waals surface area contributed by atoms with Gasteiger partial charge in [0.15, 0.2) is 0 Å². The largest absolute Gasteiger partial charge is 0.481 e. The van der Waals surface area contributed by atoms with Crippen LogP contribution in [-0.4, -0.2) is 20.9 Å². The molecule has 16 heavy (non-hydrogen) atoms. The molecule has 0 aromatic carbocycles. The quantitative estimate of drug-likeness (QED) is 0.854. The van der Waals surface area contributed by atoms with Gasteiger partial charge in [0.25, 0.3) is 0 Å². The molecule has 2 rings (SSSR count). The zero-order valence-electron chi connectivity index (χ0n) is 9.81. The first kappa shape index (κ1) is 11.2. The number of carboxylic acids is 1. The van der Waals surface area contributed by atoms with Crippen LogP contribution < -0.4 is 0 Å². The Bertz CT molecular complexity index is 392. The van der Waals surface area contributed by atoms with Crippen molar-refractivity contribution in [3.8, 4) is 0 Å². The van der Waals surface area contributed by atoms with E-state index in [0.717, 1.165) is 11.3 Å². The molecule has 1 aromatic rings. The molecule has 1 atom stereocenters. The third-order valence-corrected chi connectivity index (χ3v) is 3.59. The number of aromatic nitrogens is 2. The molecule has 0 bridgehead atoms. The third-order valence-electron chi connectivity index (χ3n) is 3.59. The van der Waals surface area contributed by atoms with Crippen LogP contribution in [0.5, 0.6) is 0 Å². The number of rotatable bonds is 3. The zero-order chi connectivity index (χ0) is 11.7. The van der Waals surface area contributed by atoms with E-state index >= 15 is 0 Å². The second kappa shape index (κ2) is 4.28. The first-order valence-electron chi connectivity index (χ1n) is 5.88. The van der Waals surface area contributed by atoms with Gasteiger partial charge in [-0.25, -0.2) is 0 Å². The normalized spacial score (nSPS) is 18.9. The van der Waals surface area contributed by atoms with Gasteiger partial charge < -0.3 is 5.11 Å². The predicted octanol–water partition coefficient (Wildman–Crippen LogP) is 2.49. The fourth-order valence-electron chi connectivity index (χ4n) is 2.51. The van der Waals surface area contributed by atoms with Gasteiger partial charge in [-0.15, -0.1) is 0 Å². The van der Waals surface area contributed by atoms with Crippen LogP contribution in [0.15, 0.2) is 6.20 Å². The minimum absolute atomic E-state index is 0.463. The fourth-order valence-corrected chi connectivity index (χ4v) is 2.51. The lowest BCUT2D eigenvalue weighted by atomic mass is 10.0. The van der Waals surface area contributed by atoms with Gasteiger partial charge in [0.1, 0.15) is 0 Å².